The number of hydrogen-bond donors (Lipinski definition) is 1. The Labute approximate surface area is 135 Å². The molecule has 0 aliphatic carbocycles. The summed E-state index contributed by atoms with van der Waals surface area (Å²) in [6, 6.07) is 10.6. The second kappa shape index (κ2) is 7.10. The van der Waals surface area contributed by atoms with Gasteiger partial charge in [-0.05, 0) is 66.5 Å². The average molecular weight is 348 g/mol. The molecule has 0 atom stereocenters. The van der Waals surface area contributed by atoms with Crippen LogP contribution in [0.4, 0.5) is 0 Å². The Morgan fingerprint density at radius 1 is 1.10 bits per heavy atom. The minimum absolute atomic E-state index is 0.595. The smallest absolute Gasteiger partial charge is 0.138 e. The number of halogens is 1. The molecule has 2 nitrogen and oxygen atoms in total. The van der Waals surface area contributed by atoms with Gasteiger partial charge in [-0.3, -0.25) is 0 Å². The van der Waals surface area contributed by atoms with Crippen LogP contribution in [0, 0.1) is 20.8 Å². The number of para-hydroxylation sites is 1. The number of nitrogens with one attached hydrogen (secondary N) is 1. The van der Waals surface area contributed by atoms with E-state index in [-0.39, 0.29) is 0 Å². The molecule has 0 radical (unpaired) electrons. The van der Waals surface area contributed by atoms with Gasteiger partial charge in [-0.15, -0.1) is 0 Å². The lowest BCUT2D eigenvalue weighted by Crippen LogP contribution is -2.09. The third-order valence-electron chi connectivity index (χ3n) is 3.62. The number of hydrogen-bond acceptors (Lipinski definition) is 2. The molecule has 2 rings (SSSR count). The standard InChI is InChI=1S/C18H22BrNO/c1-12-8-13(2)16(14(3)9-12)11-21-18-15(10-20-4)6-5-7-17(18)19/h5-9,20H,10-11H2,1-4H3. The van der Waals surface area contributed by atoms with Crippen molar-refractivity contribution >= 4 is 15.9 Å². The predicted molar refractivity (Wildman–Crippen MR) is 91.9 cm³/mol. The van der Waals surface area contributed by atoms with Crippen LogP contribution in [0.25, 0.3) is 0 Å². The van der Waals surface area contributed by atoms with Crippen molar-refractivity contribution in [1.29, 1.82) is 0 Å². The maximum Gasteiger partial charge on any atom is 0.138 e. The molecule has 0 saturated carbocycles. The summed E-state index contributed by atoms with van der Waals surface area (Å²) in [4.78, 5) is 0. The van der Waals surface area contributed by atoms with E-state index in [1.54, 1.807) is 0 Å². The molecule has 0 amide bonds. The highest BCUT2D eigenvalue weighted by Gasteiger charge is 2.10. The fourth-order valence-electron chi connectivity index (χ4n) is 2.63. The molecule has 0 unspecified atom stereocenters. The first kappa shape index (κ1) is 16.1. The minimum Gasteiger partial charge on any atom is -0.487 e. The van der Waals surface area contributed by atoms with Crippen molar-refractivity contribution in [3.63, 3.8) is 0 Å². The second-order valence-electron chi connectivity index (χ2n) is 5.42. The zero-order valence-corrected chi connectivity index (χ0v) is 14.7. The van der Waals surface area contributed by atoms with Crippen molar-refractivity contribution in [1.82, 2.24) is 5.32 Å². The molecule has 112 valence electrons. The zero-order chi connectivity index (χ0) is 15.4. The highest BCUT2D eigenvalue weighted by molar-refractivity contribution is 9.10. The quantitative estimate of drug-likeness (QED) is 0.848. The lowest BCUT2D eigenvalue weighted by atomic mass is 10.0. The topological polar surface area (TPSA) is 21.3 Å². The highest BCUT2D eigenvalue weighted by atomic mass is 79.9. The van der Waals surface area contributed by atoms with Gasteiger partial charge in [0.15, 0.2) is 0 Å². The molecule has 0 aliphatic rings. The van der Waals surface area contributed by atoms with Gasteiger partial charge in [0.25, 0.3) is 0 Å². The van der Waals surface area contributed by atoms with Gasteiger partial charge in [-0.1, -0.05) is 29.8 Å². The first-order valence-corrected chi connectivity index (χ1v) is 7.93. The van der Waals surface area contributed by atoms with Crippen molar-refractivity contribution in [2.45, 2.75) is 33.9 Å². The van der Waals surface area contributed by atoms with Crippen molar-refractivity contribution in [3.8, 4) is 5.75 Å². The number of aryl methyl sites for hydroxylation is 3. The van der Waals surface area contributed by atoms with Gasteiger partial charge in [0.05, 0.1) is 4.47 Å². The SMILES string of the molecule is CNCc1cccc(Br)c1OCc1c(C)cc(C)cc1C. The van der Waals surface area contributed by atoms with Crippen LogP contribution >= 0.6 is 15.9 Å². The maximum absolute atomic E-state index is 6.12. The van der Waals surface area contributed by atoms with Gasteiger partial charge in [0, 0.05) is 12.1 Å². The minimum atomic E-state index is 0.595. The summed E-state index contributed by atoms with van der Waals surface area (Å²) >= 11 is 3.59. The summed E-state index contributed by atoms with van der Waals surface area (Å²) < 4.78 is 7.12. The van der Waals surface area contributed by atoms with E-state index in [0.29, 0.717) is 6.61 Å². The van der Waals surface area contributed by atoms with E-state index in [0.717, 1.165) is 22.3 Å². The molecule has 0 aromatic heterocycles. The Morgan fingerprint density at radius 2 is 1.76 bits per heavy atom. The van der Waals surface area contributed by atoms with Crippen LogP contribution in [0.2, 0.25) is 0 Å². The lowest BCUT2D eigenvalue weighted by Gasteiger charge is -2.16. The van der Waals surface area contributed by atoms with Crippen LogP contribution < -0.4 is 10.1 Å². The van der Waals surface area contributed by atoms with E-state index in [4.69, 9.17) is 4.74 Å². The van der Waals surface area contributed by atoms with E-state index in [9.17, 15) is 0 Å². The lowest BCUT2D eigenvalue weighted by molar-refractivity contribution is 0.299. The van der Waals surface area contributed by atoms with E-state index < -0.39 is 0 Å². The molecule has 1 N–H and O–H groups in total. The summed E-state index contributed by atoms with van der Waals surface area (Å²) in [5.41, 5.74) is 6.30. The van der Waals surface area contributed by atoms with Crippen LogP contribution in [0.15, 0.2) is 34.8 Å². The molecule has 21 heavy (non-hydrogen) atoms. The molecule has 0 heterocycles. The molecular formula is C18H22BrNO. The van der Waals surface area contributed by atoms with Gasteiger partial charge < -0.3 is 10.1 Å². The van der Waals surface area contributed by atoms with E-state index >= 15 is 0 Å². The van der Waals surface area contributed by atoms with Gasteiger partial charge in [-0.25, -0.2) is 0 Å². The first-order valence-electron chi connectivity index (χ1n) is 7.14. The van der Waals surface area contributed by atoms with Crippen molar-refractivity contribution < 1.29 is 4.74 Å². The number of ether oxygens (including phenoxy) is 1. The molecule has 3 heteroatoms. The second-order valence-corrected chi connectivity index (χ2v) is 6.28. The molecule has 0 saturated heterocycles. The normalized spacial score (nSPS) is 10.7. The van der Waals surface area contributed by atoms with Gasteiger partial charge in [0.1, 0.15) is 12.4 Å². The number of benzene rings is 2. The largest absolute Gasteiger partial charge is 0.487 e. The molecular weight excluding hydrogens is 326 g/mol. The van der Waals surface area contributed by atoms with Crippen molar-refractivity contribution in [2.75, 3.05) is 7.05 Å². The molecule has 0 bridgehead atoms. The molecule has 2 aromatic carbocycles. The van der Waals surface area contributed by atoms with Crippen LogP contribution in [-0.4, -0.2) is 7.05 Å². The summed E-state index contributed by atoms with van der Waals surface area (Å²) in [5, 5.41) is 3.18. The van der Waals surface area contributed by atoms with E-state index in [1.165, 1.54) is 22.3 Å². The van der Waals surface area contributed by atoms with Crippen LogP contribution in [-0.2, 0) is 13.2 Å². The summed E-state index contributed by atoms with van der Waals surface area (Å²) in [6.07, 6.45) is 0. The summed E-state index contributed by atoms with van der Waals surface area (Å²) in [5.74, 6) is 0.922. The Hall–Kier alpha value is -1.32. The fraction of sp³-hybridized carbons (Fsp3) is 0.333. The van der Waals surface area contributed by atoms with Crippen LogP contribution in [0.1, 0.15) is 27.8 Å². The maximum atomic E-state index is 6.12. The molecule has 2 aromatic rings. The van der Waals surface area contributed by atoms with Gasteiger partial charge in [0.2, 0.25) is 0 Å². The zero-order valence-electron chi connectivity index (χ0n) is 13.1. The number of rotatable bonds is 5. The Kier molecular flexibility index (Phi) is 5.43. The summed E-state index contributed by atoms with van der Waals surface area (Å²) in [6.45, 7) is 7.81. The van der Waals surface area contributed by atoms with Gasteiger partial charge >= 0.3 is 0 Å². The Morgan fingerprint density at radius 3 is 2.38 bits per heavy atom. The Bertz CT molecular complexity index is 614. The summed E-state index contributed by atoms with van der Waals surface area (Å²) in [7, 11) is 1.94. The predicted octanol–water partition coefficient (Wildman–Crippen LogP) is 4.67. The first-order chi connectivity index (χ1) is 10.0. The molecule has 0 aliphatic heterocycles. The van der Waals surface area contributed by atoms with E-state index in [1.807, 2.05) is 19.2 Å². The fourth-order valence-corrected chi connectivity index (χ4v) is 3.15. The van der Waals surface area contributed by atoms with Crippen molar-refractivity contribution in [2.24, 2.45) is 0 Å². The molecule has 0 spiro atoms. The third-order valence-corrected chi connectivity index (χ3v) is 4.24. The van der Waals surface area contributed by atoms with Crippen molar-refractivity contribution in [3.05, 3.63) is 62.6 Å². The highest BCUT2D eigenvalue weighted by Crippen LogP contribution is 2.30. The van der Waals surface area contributed by atoms with Crippen LogP contribution in [0.3, 0.4) is 0 Å². The average Bonchev–Trinajstić information content (AvgIpc) is 2.40. The monoisotopic (exact) mass is 347 g/mol. The third kappa shape index (κ3) is 3.86. The van der Waals surface area contributed by atoms with E-state index in [2.05, 4.69) is 60.2 Å². The van der Waals surface area contributed by atoms with Crippen LogP contribution in [0.5, 0.6) is 5.75 Å². The molecule has 0 fully saturated rings. The Balaban J connectivity index is 2.25. The van der Waals surface area contributed by atoms with Gasteiger partial charge in [-0.2, -0.15) is 0 Å².